The molecule has 0 bridgehead atoms. The lowest BCUT2D eigenvalue weighted by molar-refractivity contribution is 0.0938. The average Bonchev–Trinajstić information content (AvgIpc) is 2.74. The Morgan fingerprint density at radius 1 is 0.828 bits per heavy atom. The van der Waals surface area contributed by atoms with Crippen LogP contribution in [-0.4, -0.2) is 17.5 Å². The van der Waals surface area contributed by atoms with Crippen molar-refractivity contribution in [3.8, 4) is 0 Å². The predicted molar refractivity (Wildman–Crippen MR) is 124 cm³/mol. The molecule has 4 rings (SSSR count). The maximum absolute atomic E-state index is 6.44. The summed E-state index contributed by atoms with van der Waals surface area (Å²) in [5.74, 6) is 0. The Labute approximate surface area is 184 Å². The van der Waals surface area contributed by atoms with E-state index in [2.05, 4.69) is 78.6 Å². The number of hydrogen-bond acceptors (Lipinski definition) is 1. The van der Waals surface area contributed by atoms with Gasteiger partial charge in [0.15, 0.2) is 0 Å². The Morgan fingerprint density at radius 2 is 1.45 bits per heavy atom. The van der Waals surface area contributed by atoms with Crippen LogP contribution in [0.3, 0.4) is 0 Å². The summed E-state index contributed by atoms with van der Waals surface area (Å²) in [6, 6.07) is 27.8. The molecular formula is C26H27Cl2N. The first-order chi connectivity index (χ1) is 14.1. The van der Waals surface area contributed by atoms with Crippen molar-refractivity contribution in [2.24, 2.45) is 0 Å². The number of halogens is 2. The predicted octanol–water partition coefficient (Wildman–Crippen LogP) is 7.35. The molecule has 0 amide bonds. The summed E-state index contributed by atoms with van der Waals surface area (Å²) in [5.41, 5.74) is 3.65. The molecular weight excluding hydrogens is 397 g/mol. The summed E-state index contributed by atoms with van der Waals surface area (Å²) >= 11 is 12.9. The van der Waals surface area contributed by atoms with Crippen molar-refractivity contribution >= 4 is 23.2 Å². The summed E-state index contributed by atoms with van der Waals surface area (Å²) in [6.45, 7) is 4.43. The second-order valence-electron chi connectivity index (χ2n) is 8.19. The van der Waals surface area contributed by atoms with Gasteiger partial charge in [-0.2, -0.15) is 0 Å². The molecule has 1 nitrogen and oxygen atoms in total. The van der Waals surface area contributed by atoms with E-state index in [1.807, 2.05) is 12.1 Å². The van der Waals surface area contributed by atoms with E-state index >= 15 is 0 Å². The third-order valence-corrected chi connectivity index (χ3v) is 6.83. The molecule has 0 spiro atoms. The fourth-order valence-corrected chi connectivity index (χ4v) is 5.21. The molecule has 1 aliphatic heterocycles. The van der Waals surface area contributed by atoms with E-state index in [0.717, 1.165) is 29.6 Å². The molecule has 3 aromatic rings. The Morgan fingerprint density at radius 3 is 2.03 bits per heavy atom. The molecule has 0 radical (unpaired) electrons. The fraction of sp³-hybridized carbons (Fsp3) is 0.308. The monoisotopic (exact) mass is 423 g/mol. The summed E-state index contributed by atoms with van der Waals surface area (Å²) in [5, 5.41) is 1.56. The van der Waals surface area contributed by atoms with Crippen LogP contribution in [0.4, 0.5) is 0 Å². The van der Waals surface area contributed by atoms with Crippen LogP contribution >= 0.6 is 23.2 Å². The highest BCUT2D eigenvalue weighted by Gasteiger charge is 2.42. The van der Waals surface area contributed by atoms with E-state index in [4.69, 9.17) is 23.2 Å². The molecule has 1 unspecified atom stereocenters. The fourth-order valence-electron chi connectivity index (χ4n) is 4.83. The molecule has 1 saturated heterocycles. The van der Waals surface area contributed by atoms with Crippen LogP contribution in [0.2, 0.25) is 10.0 Å². The maximum atomic E-state index is 6.44. The molecule has 1 atom stereocenters. The van der Waals surface area contributed by atoms with Gasteiger partial charge in [-0.15, -0.1) is 0 Å². The standard InChI is InChI=1S/C26H27Cl2N/c1-26(21-11-7-13-23(27)17-21,22-12-8-14-24(28)18-22)25-15-5-6-16-29(25)19-20-9-3-2-4-10-20/h2-4,7-14,17-18,25H,5-6,15-16,19H2,1H3. The summed E-state index contributed by atoms with van der Waals surface area (Å²) < 4.78 is 0. The third-order valence-electron chi connectivity index (χ3n) is 6.36. The van der Waals surface area contributed by atoms with Crippen LogP contribution < -0.4 is 0 Å². The van der Waals surface area contributed by atoms with Crippen LogP contribution in [0.25, 0.3) is 0 Å². The Kier molecular flexibility index (Phi) is 6.29. The van der Waals surface area contributed by atoms with Gasteiger partial charge in [-0.25, -0.2) is 0 Å². The first-order valence-electron chi connectivity index (χ1n) is 10.4. The largest absolute Gasteiger partial charge is 0.295 e. The van der Waals surface area contributed by atoms with Crippen LogP contribution in [0.5, 0.6) is 0 Å². The molecule has 150 valence electrons. The summed E-state index contributed by atoms with van der Waals surface area (Å²) in [6.07, 6.45) is 3.64. The van der Waals surface area contributed by atoms with Gasteiger partial charge in [0.05, 0.1) is 0 Å². The lowest BCUT2D eigenvalue weighted by Gasteiger charge is -2.48. The van der Waals surface area contributed by atoms with E-state index < -0.39 is 0 Å². The molecule has 1 heterocycles. The Bertz CT molecular complexity index is 908. The minimum atomic E-state index is -0.203. The topological polar surface area (TPSA) is 3.24 Å². The Balaban J connectivity index is 1.80. The van der Waals surface area contributed by atoms with Gasteiger partial charge in [-0.3, -0.25) is 4.90 Å². The maximum Gasteiger partial charge on any atom is 0.0409 e. The number of rotatable bonds is 5. The number of piperidine rings is 1. The molecule has 1 fully saturated rings. The van der Waals surface area contributed by atoms with Crippen LogP contribution in [0.1, 0.15) is 42.9 Å². The highest BCUT2D eigenvalue weighted by molar-refractivity contribution is 6.31. The van der Waals surface area contributed by atoms with Gasteiger partial charge in [0.25, 0.3) is 0 Å². The smallest absolute Gasteiger partial charge is 0.0409 e. The molecule has 0 saturated carbocycles. The van der Waals surface area contributed by atoms with Gasteiger partial charge < -0.3 is 0 Å². The minimum absolute atomic E-state index is 0.203. The van der Waals surface area contributed by atoms with Gasteiger partial charge in [0.2, 0.25) is 0 Å². The first-order valence-corrected chi connectivity index (χ1v) is 11.1. The van der Waals surface area contributed by atoms with Gasteiger partial charge >= 0.3 is 0 Å². The van der Waals surface area contributed by atoms with Gasteiger partial charge in [-0.1, -0.05) is 84.2 Å². The number of nitrogens with zero attached hydrogens (tertiary/aromatic N) is 1. The number of likely N-dealkylation sites (tertiary alicyclic amines) is 1. The van der Waals surface area contributed by atoms with E-state index in [-0.39, 0.29) is 5.41 Å². The van der Waals surface area contributed by atoms with Crippen LogP contribution in [0.15, 0.2) is 78.9 Å². The molecule has 3 aromatic carbocycles. The van der Waals surface area contributed by atoms with Crippen molar-refractivity contribution < 1.29 is 0 Å². The van der Waals surface area contributed by atoms with Crippen molar-refractivity contribution in [2.75, 3.05) is 6.54 Å². The third kappa shape index (κ3) is 4.38. The normalized spacial score (nSPS) is 18.0. The summed E-state index contributed by atoms with van der Waals surface area (Å²) in [7, 11) is 0. The van der Waals surface area contributed by atoms with Crippen LogP contribution in [-0.2, 0) is 12.0 Å². The zero-order chi connectivity index (χ0) is 20.3. The average molecular weight is 424 g/mol. The molecule has 3 heteroatoms. The van der Waals surface area contributed by atoms with E-state index in [1.54, 1.807) is 0 Å². The van der Waals surface area contributed by atoms with E-state index in [9.17, 15) is 0 Å². The second-order valence-corrected chi connectivity index (χ2v) is 9.06. The van der Waals surface area contributed by atoms with Crippen molar-refractivity contribution in [3.05, 3.63) is 106 Å². The molecule has 0 aliphatic carbocycles. The van der Waals surface area contributed by atoms with Crippen molar-refractivity contribution in [1.82, 2.24) is 4.90 Å². The van der Waals surface area contributed by atoms with Crippen LogP contribution in [0, 0.1) is 0 Å². The van der Waals surface area contributed by atoms with Crippen molar-refractivity contribution in [3.63, 3.8) is 0 Å². The Hall–Kier alpha value is -1.80. The lowest BCUT2D eigenvalue weighted by Crippen LogP contribution is -2.51. The van der Waals surface area contributed by atoms with Gasteiger partial charge in [0.1, 0.15) is 0 Å². The zero-order valence-electron chi connectivity index (χ0n) is 16.8. The molecule has 29 heavy (non-hydrogen) atoms. The summed E-state index contributed by atoms with van der Waals surface area (Å²) in [4.78, 5) is 2.65. The van der Waals surface area contributed by atoms with Crippen molar-refractivity contribution in [2.45, 2.75) is 44.2 Å². The first kappa shape index (κ1) is 20.5. The number of hydrogen-bond donors (Lipinski definition) is 0. The highest BCUT2D eigenvalue weighted by atomic mass is 35.5. The molecule has 0 N–H and O–H groups in total. The number of benzene rings is 3. The van der Waals surface area contributed by atoms with Crippen molar-refractivity contribution in [1.29, 1.82) is 0 Å². The van der Waals surface area contributed by atoms with E-state index in [1.165, 1.54) is 29.5 Å². The zero-order valence-corrected chi connectivity index (χ0v) is 18.3. The SMILES string of the molecule is CC(c1cccc(Cl)c1)(c1cccc(Cl)c1)C1CCCCN1Cc1ccccc1. The molecule has 1 aliphatic rings. The quantitative estimate of drug-likeness (QED) is 0.414. The molecule has 0 aromatic heterocycles. The lowest BCUT2D eigenvalue weighted by atomic mass is 9.67. The minimum Gasteiger partial charge on any atom is -0.295 e. The highest BCUT2D eigenvalue weighted by Crippen LogP contribution is 2.43. The van der Waals surface area contributed by atoms with E-state index in [0.29, 0.717) is 6.04 Å². The second kappa shape index (κ2) is 8.92. The van der Waals surface area contributed by atoms with Gasteiger partial charge in [0, 0.05) is 28.0 Å². The van der Waals surface area contributed by atoms with Gasteiger partial charge in [-0.05, 0) is 67.3 Å².